The van der Waals surface area contributed by atoms with Gasteiger partial charge >= 0.3 is 0 Å². The summed E-state index contributed by atoms with van der Waals surface area (Å²) in [4.78, 5) is 4.49. The fourth-order valence-corrected chi connectivity index (χ4v) is 1.57. The second kappa shape index (κ2) is 2.31. The van der Waals surface area contributed by atoms with Gasteiger partial charge in [0.25, 0.3) is 0 Å². The summed E-state index contributed by atoms with van der Waals surface area (Å²) in [7, 11) is 0. The van der Waals surface area contributed by atoms with Gasteiger partial charge in [-0.05, 0) is 31.9 Å². The molecule has 1 aliphatic rings. The molecule has 0 bridgehead atoms. The van der Waals surface area contributed by atoms with Crippen LogP contribution in [0.25, 0.3) is 5.65 Å². The lowest BCUT2D eigenvalue weighted by Crippen LogP contribution is -1.92. The highest BCUT2D eigenvalue weighted by Gasteiger charge is 2.27. The minimum absolute atomic E-state index is 0.638. The number of rotatable bonds is 1. The molecule has 0 radical (unpaired) electrons. The Morgan fingerprint density at radius 3 is 2.92 bits per heavy atom. The highest BCUT2D eigenvalue weighted by molar-refractivity contribution is 5.39. The van der Waals surface area contributed by atoms with Crippen molar-refractivity contribution in [2.75, 3.05) is 0 Å². The lowest BCUT2D eigenvalue weighted by Gasteiger charge is -1.93. The number of pyridine rings is 1. The van der Waals surface area contributed by atoms with E-state index in [1.165, 1.54) is 12.8 Å². The van der Waals surface area contributed by atoms with Crippen LogP contribution in [-0.4, -0.2) is 14.6 Å². The van der Waals surface area contributed by atoms with E-state index >= 15 is 0 Å². The first kappa shape index (κ1) is 7.06. The highest BCUT2D eigenvalue weighted by atomic mass is 15.3. The fourth-order valence-electron chi connectivity index (χ4n) is 1.57. The predicted octanol–water partition coefficient (Wildman–Crippen LogP) is 1.92. The van der Waals surface area contributed by atoms with Crippen LogP contribution in [0, 0.1) is 6.92 Å². The molecule has 0 N–H and O–H groups in total. The molecule has 0 atom stereocenters. The Bertz CT molecular complexity index is 454. The number of hydrogen-bond acceptors (Lipinski definition) is 2. The van der Waals surface area contributed by atoms with Gasteiger partial charge in [0.05, 0.1) is 0 Å². The molecule has 1 saturated carbocycles. The van der Waals surface area contributed by atoms with Crippen molar-refractivity contribution in [1.29, 1.82) is 0 Å². The van der Waals surface area contributed by atoms with Gasteiger partial charge in [-0.15, -0.1) is 0 Å². The first-order valence-electron chi connectivity index (χ1n) is 4.67. The summed E-state index contributed by atoms with van der Waals surface area (Å²) in [5.74, 6) is 1.66. The molecule has 2 aromatic heterocycles. The Morgan fingerprint density at radius 1 is 1.38 bits per heavy atom. The number of nitrogens with zero attached hydrogens (tertiary/aromatic N) is 3. The maximum absolute atomic E-state index is 4.49. The van der Waals surface area contributed by atoms with Gasteiger partial charge < -0.3 is 0 Å². The van der Waals surface area contributed by atoms with Crippen LogP contribution in [0.2, 0.25) is 0 Å². The van der Waals surface area contributed by atoms with Crippen molar-refractivity contribution in [3.8, 4) is 0 Å². The van der Waals surface area contributed by atoms with Crippen LogP contribution in [0.15, 0.2) is 18.2 Å². The Kier molecular flexibility index (Phi) is 1.26. The van der Waals surface area contributed by atoms with E-state index in [4.69, 9.17) is 0 Å². The highest BCUT2D eigenvalue weighted by Crippen LogP contribution is 2.38. The Morgan fingerprint density at radius 2 is 2.23 bits per heavy atom. The quantitative estimate of drug-likeness (QED) is 0.659. The molecule has 0 amide bonds. The zero-order chi connectivity index (χ0) is 8.84. The van der Waals surface area contributed by atoms with E-state index in [0.717, 1.165) is 17.2 Å². The van der Waals surface area contributed by atoms with E-state index in [2.05, 4.69) is 23.1 Å². The van der Waals surface area contributed by atoms with Crippen LogP contribution in [0.1, 0.15) is 30.3 Å². The zero-order valence-corrected chi connectivity index (χ0v) is 7.57. The largest absolute Gasteiger partial charge is 0.218 e. The van der Waals surface area contributed by atoms with Gasteiger partial charge in [-0.1, -0.05) is 6.07 Å². The predicted molar refractivity (Wildman–Crippen MR) is 49.7 cm³/mol. The smallest absolute Gasteiger partial charge is 0.155 e. The van der Waals surface area contributed by atoms with Crippen molar-refractivity contribution in [1.82, 2.24) is 14.6 Å². The first-order valence-corrected chi connectivity index (χ1v) is 4.67. The van der Waals surface area contributed by atoms with Crippen molar-refractivity contribution in [3.05, 3.63) is 29.7 Å². The van der Waals surface area contributed by atoms with E-state index in [1.807, 2.05) is 16.6 Å². The van der Waals surface area contributed by atoms with Crippen LogP contribution >= 0.6 is 0 Å². The molecule has 0 unspecified atom stereocenters. The summed E-state index contributed by atoms with van der Waals surface area (Å²) < 4.78 is 1.92. The summed E-state index contributed by atoms with van der Waals surface area (Å²) in [5.41, 5.74) is 2.12. The van der Waals surface area contributed by atoms with E-state index in [0.29, 0.717) is 5.92 Å². The summed E-state index contributed by atoms with van der Waals surface area (Å²) in [6.45, 7) is 2.05. The molecule has 1 fully saturated rings. The molecule has 66 valence electrons. The van der Waals surface area contributed by atoms with Crippen LogP contribution < -0.4 is 0 Å². The summed E-state index contributed by atoms with van der Waals surface area (Å²) in [6, 6.07) is 6.08. The molecule has 0 aliphatic heterocycles. The average Bonchev–Trinajstić information content (AvgIpc) is 2.87. The Balaban J connectivity index is 2.26. The van der Waals surface area contributed by atoms with Crippen molar-refractivity contribution < 1.29 is 0 Å². The minimum Gasteiger partial charge on any atom is -0.218 e. The molecule has 0 saturated heterocycles. The molecule has 13 heavy (non-hydrogen) atoms. The van der Waals surface area contributed by atoms with Gasteiger partial charge in [-0.25, -0.2) is 9.50 Å². The average molecular weight is 173 g/mol. The molecule has 3 nitrogen and oxygen atoms in total. The van der Waals surface area contributed by atoms with Crippen molar-refractivity contribution in [3.63, 3.8) is 0 Å². The third-order valence-corrected chi connectivity index (χ3v) is 2.51. The molecule has 3 rings (SSSR count). The first-order chi connectivity index (χ1) is 6.34. The Labute approximate surface area is 76.4 Å². The molecule has 0 aromatic carbocycles. The lowest BCUT2D eigenvalue weighted by molar-refractivity contribution is 0.854. The van der Waals surface area contributed by atoms with Crippen LogP contribution in [-0.2, 0) is 0 Å². The standard InChI is InChI=1S/C10H11N3/c1-7-3-2-4-9-11-10(8-5-6-8)12-13(7)9/h2-4,8H,5-6H2,1H3. The number of aromatic nitrogens is 3. The molecule has 1 aliphatic carbocycles. The topological polar surface area (TPSA) is 30.2 Å². The van der Waals surface area contributed by atoms with Crippen molar-refractivity contribution in [2.24, 2.45) is 0 Å². The van der Waals surface area contributed by atoms with Crippen molar-refractivity contribution >= 4 is 5.65 Å². The lowest BCUT2D eigenvalue weighted by atomic mass is 10.4. The third-order valence-electron chi connectivity index (χ3n) is 2.51. The minimum atomic E-state index is 0.638. The molecule has 2 aromatic rings. The maximum atomic E-state index is 4.49. The zero-order valence-electron chi connectivity index (χ0n) is 7.57. The Hall–Kier alpha value is -1.38. The van der Waals surface area contributed by atoms with Gasteiger partial charge in [0.1, 0.15) is 0 Å². The summed E-state index contributed by atoms with van der Waals surface area (Å²) in [5, 5.41) is 4.48. The second-order valence-corrected chi connectivity index (χ2v) is 3.68. The van der Waals surface area contributed by atoms with E-state index in [1.54, 1.807) is 0 Å². The normalized spacial score (nSPS) is 16.7. The number of aryl methyl sites for hydroxylation is 1. The number of hydrogen-bond donors (Lipinski definition) is 0. The van der Waals surface area contributed by atoms with E-state index < -0.39 is 0 Å². The second-order valence-electron chi connectivity index (χ2n) is 3.68. The van der Waals surface area contributed by atoms with Gasteiger partial charge in [0, 0.05) is 11.6 Å². The van der Waals surface area contributed by atoms with Gasteiger partial charge in [-0.3, -0.25) is 0 Å². The van der Waals surface area contributed by atoms with Gasteiger partial charge in [0.2, 0.25) is 0 Å². The molecule has 0 spiro atoms. The van der Waals surface area contributed by atoms with Crippen LogP contribution in [0.3, 0.4) is 0 Å². The molecule has 2 heterocycles. The fraction of sp³-hybridized carbons (Fsp3) is 0.400. The maximum Gasteiger partial charge on any atom is 0.155 e. The van der Waals surface area contributed by atoms with E-state index in [-0.39, 0.29) is 0 Å². The van der Waals surface area contributed by atoms with E-state index in [9.17, 15) is 0 Å². The van der Waals surface area contributed by atoms with Gasteiger partial charge in [0.15, 0.2) is 11.5 Å². The van der Waals surface area contributed by atoms with Crippen LogP contribution in [0.5, 0.6) is 0 Å². The van der Waals surface area contributed by atoms with Crippen LogP contribution in [0.4, 0.5) is 0 Å². The number of fused-ring (bicyclic) bond motifs is 1. The summed E-state index contributed by atoms with van der Waals surface area (Å²) >= 11 is 0. The SMILES string of the molecule is Cc1cccc2nc(C3CC3)nn12. The summed E-state index contributed by atoms with van der Waals surface area (Å²) in [6.07, 6.45) is 2.52. The third kappa shape index (κ3) is 1.03. The molecular formula is C10H11N3. The van der Waals surface area contributed by atoms with Crippen molar-refractivity contribution in [2.45, 2.75) is 25.7 Å². The monoisotopic (exact) mass is 173 g/mol. The van der Waals surface area contributed by atoms with Gasteiger partial charge in [-0.2, -0.15) is 5.10 Å². The molecular weight excluding hydrogens is 162 g/mol. The molecule has 3 heteroatoms.